The van der Waals surface area contributed by atoms with Crippen LogP contribution in [0.1, 0.15) is 0 Å². The van der Waals surface area contributed by atoms with Crippen LogP contribution < -0.4 is 58.2 Å². The molecule has 0 aromatic rings. The predicted octanol–water partition coefficient (Wildman–Crippen LogP) is -4.34. The zero-order valence-corrected chi connectivity index (χ0v) is 10.6. The van der Waals surface area contributed by atoms with Crippen LogP contribution in [-0.4, -0.2) is 17.5 Å². The molecule has 7 heavy (non-hydrogen) atoms. The Hall–Kier alpha value is 2.26. The molecule has 0 saturated carbocycles. The molecule has 0 fully saturated rings. The van der Waals surface area contributed by atoms with Crippen LogP contribution in [0.3, 0.4) is 0 Å². The molecule has 0 saturated heterocycles. The minimum atomic E-state index is -5.17. The molecule has 7 heteroatoms. The van der Waals surface area contributed by atoms with Gasteiger partial charge in [-0.3, -0.25) is 8.42 Å². The monoisotopic (exact) mass is 232 g/mol. The molecular weight excluding hydrogens is 232 g/mol. The molecule has 0 atom stereocenters. The second kappa shape index (κ2) is 6.38. The second-order valence-electron chi connectivity index (χ2n) is 0.408. The molecule has 0 aromatic carbocycles. The Kier molecular flexibility index (Phi) is 14.7. The summed E-state index contributed by atoms with van der Waals surface area (Å²) in [6.45, 7) is 0. The zero-order valence-electron chi connectivity index (χ0n) is 3.49. The molecule has 1 radical (unpaired) electrons. The smallest absolute Gasteiger partial charge is 0.759 e. The Labute approximate surface area is 102 Å². The Morgan fingerprint density at radius 3 is 1.14 bits per heavy atom. The molecule has 0 spiro atoms. The van der Waals surface area contributed by atoms with Crippen molar-refractivity contribution < 1.29 is 94.3 Å². The van der Waals surface area contributed by atoms with E-state index in [-0.39, 0.29) is 76.7 Å². The van der Waals surface area contributed by atoms with Crippen molar-refractivity contribution >= 4 is 10.4 Å². The van der Waals surface area contributed by atoms with Crippen LogP contribution in [0.15, 0.2) is 0 Å². The van der Waals surface area contributed by atoms with Gasteiger partial charge < -0.3 is 9.11 Å². The van der Waals surface area contributed by atoms with Gasteiger partial charge in [0.2, 0.25) is 0 Å². The van der Waals surface area contributed by atoms with Gasteiger partial charge in [-0.05, 0) is 0 Å². The molecule has 0 N–H and O–H groups in total. The quantitative estimate of drug-likeness (QED) is 0.312. The van der Waals surface area contributed by atoms with Crippen LogP contribution in [0.2, 0.25) is 0 Å². The molecular formula is O4RbSV+. The average Bonchev–Trinajstić information content (AvgIpc) is 0.722. The predicted molar refractivity (Wildman–Crippen MR) is 10.5 cm³/mol. The first-order valence-electron chi connectivity index (χ1n) is 0.667. The molecule has 0 bridgehead atoms. The van der Waals surface area contributed by atoms with Gasteiger partial charge in [0.25, 0.3) is 0 Å². The van der Waals surface area contributed by atoms with Gasteiger partial charge in [-0.2, -0.15) is 0 Å². The molecule has 35 valence electrons. The first kappa shape index (κ1) is 16.1. The number of rotatable bonds is 0. The zero-order chi connectivity index (χ0) is 4.50. The fourth-order valence-corrected chi connectivity index (χ4v) is 0. The van der Waals surface area contributed by atoms with Crippen LogP contribution in [0.4, 0.5) is 0 Å². The van der Waals surface area contributed by atoms with Crippen molar-refractivity contribution in [3.05, 3.63) is 0 Å². The van der Waals surface area contributed by atoms with E-state index in [2.05, 4.69) is 0 Å². The third-order valence-corrected chi connectivity index (χ3v) is 0. The normalized spacial score (nSPS) is 8.29. The van der Waals surface area contributed by atoms with Crippen molar-refractivity contribution in [2.45, 2.75) is 0 Å². The average molecular weight is 232 g/mol. The summed E-state index contributed by atoms with van der Waals surface area (Å²) in [6.07, 6.45) is 0. The van der Waals surface area contributed by atoms with Crippen molar-refractivity contribution in [1.29, 1.82) is 0 Å². The van der Waals surface area contributed by atoms with Crippen LogP contribution in [0.25, 0.3) is 0 Å². The molecule has 0 aromatic heterocycles. The maximum absolute atomic E-state index is 8.52. The minimum absolute atomic E-state index is 0. The molecule has 0 unspecified atom stereocenters. The van der Waals surface area contributed by atoms with Crippen LogP contribution in [-0.2, 0) is 29.0 Å². The first-order valence-corrected chi connectivity index (χ1v) is 2.00. The summed E-state index contributed by atoms with van der Waals surface area (Å²) < 4.78 is 34.1. The standard InChI is InChI=1S/H2O4S.Rb.V/c1-5(2,3)4;;/h(H2,1,2,3,4);;/q;+1;+2/p-2. The summed E-state index contributed by atoms with van der Waals surface area (Å²) in [7, 11) is -5.17. The molecule has 0 amide bonds. The Morgan fingerprint density at radius 1 is 1.14 bits per heavy atom. The maximum Gasteiger partial charge on any atom is 2.00 e. The van der Waals surface area contributed by atoms with E-state index in [1.54, 1.807) is 0 Å². The van der Waals surface area contributed by atoms with Gasteiger partial charge >= 0.3 is 76.7 Å². The van der Waals surface area contributed by atoms with Crippen molar-refractivity contribution in [3.63, 3.8) is 0 Å². The van der Waals surface area contributed by atoms with Crippen molar-refractivity contribution in [2.75, 3.05) is 0 Å². The molecule has 4 nitrogen and oxygen atoms in total. The van der Waals surface area contributed by atoms with Crippen LogP contribution in [0.5, 0.6) is 0 Å². The summed E-state index contributed by atoms with van der Waals surface area (Å²) in [6, 6.07) is 0. The summed E-state index contributed by atoms with van der Waals surface area (Å²) in [4.78, 5) is 0. The van der Waals surface area contributed by atoms with Crippen LogP contribution in [0, 0.1) is 0 Å². The van der Waals surface area contributed by atoms with Crippen molar-refractivity contribution in [3.8, 4) is 0 Å². The van der Waals surface area contributed by atoms with Gasteiger partial charge in [-0.15, -0.1) is 0 Å². The van der Waals surface area contributed by atoms with Gasteiger partial charge in [-0.1, -0.05) is 0 Å². The van der Waals surface area contributed by atoms with E-state index in [0.29, 0.717) is 0 Å². The van der Waals surface area contributed by atoms with Gasteiger partial charge in [-0.25, -0.2) is 0 Å². The Morgan fingerprint density at radius 2 is 1.14 bits per heavy atom. The van der Waals surface area contributed by atoms with Crippen LogP contribution >= 0.6 is 0 Å². The van der Waals surface area contributed by atoms with E-state index >= 15 is 0 Å². The topological polar surface area (TPSA) is 80.3 Å². The summed E-state index contributed by atoms with van der Waals surface area (Å²) in [5.41, 5.74) is 0. The molecule has 0 rings (SSSR count). The third kappa shape index (κ3) is 63.4. The van der Waals surface area contributed by atoms with E-state index < -0.39 is 10.4 Å². The van der Waals surface area contributed by atoms with E-state index in [4.69, 9.17) is 17.5 Å². The largest absolute Gasteiger partial charge is 2.00 e. The van der Waals surface area contributed by atoms with E-state index in [9.17, 15) is 0 Å². The molecule has 0 aliphatic heterocycles. The van der Waals surface area contributed by atoms with Crippen molar-refractivity contribution in [2.24, 2.45) is 0 Å². The third-order valence-electron chi connectivity index (χ3n) is 0. The minimum Gasteiger partial charge on any atom is -0.759 e. The van der Waals surface area contributed by atoms with E-state index in [1.807, 2.05) is 0 Å². The summed E-state index contributed by atoms with van der Waals surface area (Å²) in [5.74, 6) is 0. The molecule has 0 aliphatic carbocycles. The van der Waals surface area contributed by atoms with Gasteiger partial charge in [0.1, 0.15) is 0 Å². The number of hydrogen-bond acceptors (Lipinski definition) is 4. The molecule has 0 aliphatic rings. The molecule has 0 heterocycles. The van der Waals surface area contributed by atoms with Crippen molar-refractivity contribution in [1.82, 2.24) is 0 Å². The SMILES string of the molecule is O=S(=O)([O-])[O-].[Rb+].[V+2]. The fraction of sp³-hybridized carbons (Fsp3) is 0. The van der Waals surface area contributed by atoms with Gasteiger partial charge in [0.15, 0.2) is 0 Å². The summed E-state index contributed by atoms with van der Waals surface area (Å²) >= 11 is 0. The van der Waals surface area contributed by atoms with E-state index in [1.165, 1.54) is 0 Å². The fourth-order valence-electron chi connectivity index (χ4n) is 0. The van der Waals surface area contributed by atoms with Gasteiger partial charge in [0.05, 0.1) is 0 Å². The van der Waals surface area contributed by atoms with Gasteiger partial charge in [0, 0.05) is 10.4 Å². The van der Waals surface area contributed by atoms with E-state index in [0.717, 1.165) is 0 Å². The maximum atomic E-state index is 8.52. The summed E-state index contributed by atoms with van der Waals surface area (Å²) in [5, 5.41) is 0. The Bertz CT molecular complexity index is 94.9. The second-order valence-corrected chi connectivity index (χ2v) is 1.22. The first-order chi connectivity index (χ1) is 2.00. The number of hydrogen-bond donors (Lipinski definition) is 0. The Balaban J connectivity index is -0.0000000800.